The van der Waals surface area contributed by atoms with Crippen molar-refractivity contribution < 1.29 is 38.6 Å². The molecular weight excluding hydrogens is 523 g/mol. The summed E-state index contributed by atoms with van der Waals surface area (Å²) in [6.07, 6.45) is 0.155. The highest BCUT2D eigenvalue weighted by molar-refractivity contribution is 6.30. The summed E-state index contributed by atoms with van der Waals surface area (Å²) < 4.78 is 19.0. The second-order valence-corrected chi connectivity index (χ2v) is 8.74. The number of carboxylic acids is 1. The number of hydrogen-bond acceptors (Lipinski definition) is 8. The summed E-state index contributed by atoms with van der Waals surface area (Å²) in [6.45, 7) is 1.40. The van der Waals surface area contributed by atoms with E-state index in [0.717, 1.165) is 11.0 Å². The van der Waals surface area contributed by atoms with E-state index >= 15 is 0 Å². The number of rotatable bonds is 13. The van der Waals surface area contributed by atoms with Gasteiger partial charge in [-0.25, -0.2) is 9.18 Å². The van der Waals surface area contributed by atoms with Gasteiger partial charge >= 0.3 is 11.9 Å². The molecule has 3 aromatic rings. The molecule has 202 valence electrons. The Hall–Kier alpha value is -4.03. The van der Waals surface area contributed by atoms with Gasteiger partial charge in [-0.3, -0.25) is 9.59 Å². The average molecular weight is 549 g/mol. The lowest BCUT2D eigenvalue weighted by Crippen LogP contribution is -2.40. The standard InChI is InChI=1S/C25H26ClFN4O7/c1-2-3-23(33)37-14-38-31-13-21(29-30-31)24(34)28-18(12-22(32)25(35)36)10-15-4-6-16(7-5-15)19-11-17(26)8-9-20(19)27/h4-9,11,13,18,22,32H,2-3,10,12,14H2,1H3,(H,28,34)(H,35,36). The maximum atomic E-state index is 14.2. The predicted molar refractivity (Wildman–Crippen MR) is 133 cm³/mol. The molecule has 0 aliphatic carbocycles. The van der Waals surface area contributed by atoms with Gasteiger partial charge in [0.2, 0.25) is 0 Å². The Morgan fingerprint density at radius 3 is 2.61 bits per heavy atom. The molecule has 1 heterocycles. The van der Waals surface area contributed by atoms with E-state index in [-0.39, 0.29) is 25.0 Å². The fourth-order valence-electron chi connectivity index (χ4n) is 3.48. The van der Waals surface area contributed by atoms with Crippen molar-refractivity contribution in [2.75, 3.05) is 6.79 Å². The second kappa shape index (κ2) is 13.5. The molecule has 2 atom stereocenters. The maximum absolute atomic E-state index is 14.2. The number of hydrogen-bond donors (Lipinski definition) is 3. The van der Waals surface area contributed by atoms with E-state index < -0.39 is 42.6 Å². The first-order chi connectivity index (χ1) is 18.2. The van der Waals surface area contributed by atoms with E-state index in [4.69, 9.17) is 26.3 Å². The van der Waals surface area contributed by atoms with Crippen molar-refractivity contribution in [2.24, 2.45) is 0 Å². The predicted octanol–water partition coefficient (Wildman–Crippen LogP) is 2.64. The van der Waals surface area contributed by atoms with Gasteiger partial charge in [-0.05, 0) is 47.4 Å². The summed E-state index contributed by atoms with van der Waals surface area (Å²) in [5.41, 5.74) is 1.45. The van der Waals surface area contributed by atoms with Gasteiger partial charge in [-0.1, -0.05) is 47.6 Å². The molecule has 11 nitrogen and oxygen atoms in total. The molecule has 3 N–H and O–H groups in total. The number of amides is 1. The van der Waals surface area contributed by atoms with Crippen molar-refractivity contribution >= 4 is 29.4 Å². The van der Waals surface area contributed by atoms with Gasteiger partial charge in [0.25, 0.3) is 12.7 Å². The van der Waals surface area contributed by atoms with Crippen LogP contribution in [0.15, 0.2) is 48.7 Å². The molecule has 0 spiro atoms. The zero-order valence-corrected chi connectivity index (χ0v) is 21.1. The van der Waals surface area contributed by atoms with E-state index in [1.54, 1.807) is 24.3 Å². The van der Waals surface area contributed by atoms with E-state index in [2.05, 4.69) is 15.6 Å². The highest BCUT2D eigenvalue weighted by Gasteiger charge is 2.24. The van der Waals surface area contributed by atoms with Crippen LogP contribution >= 0.6 is 11.6 Å². The third-order valence-corrected chi connectivity index (χ3v) is 5.60. The number of esters is 1. The zero-order chi connectivity index (χ0) is 27.7. The minimum atomic E-state index is -1.73. The van der Waals surface area contributed by atoms with Crippen molar-refractivity contribution in [1.82, 2.24) is 20.5 Å². The topological polar surface area (TPSA) is 153 Å². The Bertz CT molecular complexity index is 1270. The molecule has 0 aliphatic heterocycles. The van der Waals surface area contributed by atoms with Crippen molar-refractivity contribution in [3.05, 3.63) is 70.8 Å². The number of aromatic nitrogens is 3. The van der Waals surface area contributed by atoms with Crippen LogP contribution < -0.4 is 10.2 Å². The largest absolute Gasteiger partial charge is 0.479 e. The van der Waals surface area contributed by atoms with Crippen LogP contribution in [0.1, 0.15) is 42.2 Å². The third kappa shape index (κ3) is 8.25. The van der Waals surface area contributed by atoms with Crippen molar-refractivity contribution in [1.29, 1.82) is 0 Å². The highest BCUT2D eigenvalue weighted by atomic mass is 35.5. The number of halogens is 2. The minimum absolute atomic E-state index is 0.147. The van der Waals surface area contributed by atoms with Crippen LogP contribution in [0.4, 0.5) is 4.39 Å². The number of benzene rings is 2. The van der Waals surface area contributed by atoms with E-state index in [0.29, 0.717) is 28.1 Å². The van der Waals surface area contributed by atoms with Gasteiger partial charge in [0, 0.05) is 29.5 Å². The molecule has 0 fully saturated rings. The minimum Gasteiger partial charge on any atom is -0.479 e. The van der Waals surface area contributed by atoms with E-state index in [1.807, 2.05) is 6.92 Å². The lowest BCUT2D eigenvalue weighted by atomic mass is 9.97. The molecule has 0 saturated carbocycles. The molecule has 1 amide bonds. The summed E-state index contributed by atoms with van der Waals surface area (Å²) >= 11 is 5.97. The molecule has 38 heavy (non-hydrogen) atoms. The number of carbonyl (C=O) groups is 3. The summed E-state index contributed by atoms with van der Waals surface area (Å²) in [4.78, 5) is 41.3. The number of aliphatic hydroxyl groups excluding tert-OH is 1. The van der Waals surface area contributed by atoms with Crippen LogP contribution in [0.2, 0.25) is 5.02 Å². The average Bonchev–Trinajstić information content (AvgIpc) is 3.35. The van der Waals surface area contributed by atoms with Gasteiger partial charge in [0.15, 0.2) is 11.8 Å². The monoisotopic (exact) mass is 548 g/mol. The molecule has 2 aromatic carbocycles. The Morgan fingerprint density at radius 2 is 1.92 bits per heavy atom. The number of ether oxygens (including phenoxy) is 1. The SMILES string of the molecule is CCCC(=O)OCOn1cc(C(=O)NC(Cc2ccc(-c3cc(Cl)ccc3F)cc2)CC(O)C(=O)O)nn1. The van der Waals surface area contributed by atoms with Gasteiger partial charge in [-0.2, -0.15) is 0 Å². The van der Waals surface area contributed by atoms with Gasteiger partial charge in [0.1, 0.15) is 12.0 Å². The second-order valence-electron chi connectivity index (χ2n) is 8.30. The van der Waals surface area contributed by atoms with Crippen molar-refractivity contribution in [2.45, 2.75) is 44.8 Å². The quantitative estimate of drug-likeness (QED) is 0.216. The third-order valence-electron chi connectivity index (χ3n) is 5.37. The number of aliphatic carboxylic acids is 1. The number of nitrogens with one attached hydrogen (secondary N) is 1. The number of aliphatic hydroxyl groups is 1. The summed E-state index contributed by atoms with van der Waals surface area (Å²) in [5, 5.41) is 29.4. The molecular formula is C25H26ClFN4O7. The van der Waals surface area contributed by atoms with Crippen LogP contribution in [0.5, 0.6) is 0 Å². The highest BCUT2D eigenvalue weighted by Crippen LogP contribution is 2.26. The van der Waals surface area contributed by atoms with Crippen LogP contribution in [0.25, 0.3) is 11.1 Å². The van der Waals surface area contributed by atoms with Gasteiger partial charge < -0.3 is 25.1 Å². The normalized spacial score (nSPS) is 12.4. The Morgan fingerprint density at radius 1 is 1.18 bits per heavy atom. The number of carbonyl (C=O) groups excluding carboxylic acids is 2. The zero-order valence-electron chi connectivity index (χ0n) is 20.3. The van der Waals surface area contributed by atoms with Crippen molar-refractivity contribution in [3.8, 4) is 11.1 Å². The molecule has 0 radical (unpaired) electrons. The van der Waals surface area contributed by atoms with E-state index in [1.165, 1.54) is 18.2 Å². The van der Waals surface area contributed by atoms with Crippen molar-refractivity contribution in [3.63, 3.8) is 0 Å². The van der Waals surface area contributed by atoms with Crippen LogP contribution in [-0.2, 0) is 20.7 Å². The molecule has 3 rings (SSSR count). The number of nitrogens with zero attached hydrogens (tertiary/aromatic N) is 3. The first-order valence-corrected chi connectivity index (χ1v) is 12.0. The Kier molecular flexibility index (Phi) is 10.1. The molecule has 0 bridgehead atoms. The first kappa shape index (κ1) is 28.5. The van der Waals surface area contributed by atoms with E-state index in [9.17, 15) is 23.9 Å². The lowest BCUT2D eigenvalue weighted by molar-refractivity contribution is -0.158. The summed E-state index contributed by atoms with van der Waals surface area (Å²) in [6, 6.07) is 10.2. The van der Waals surface area contributed by atoms with Gasteiger partial charge in [-0.15, -0.1) is 5.10 Å². The fraction of sp³-hybridized carbons (Fsp3) is 0.320. The molecule has 0 aliphatic rings. The lowest BCUT2D eigenvalue weighted by Gasteiger charge is -2.20. The summed E-state index contributed by atoms with van der Waals surface area (Å²) in [5.74, 6) is -3.01. The molecule has 13 heteroatoms. The molecule has 0 saturated heterocycles. The van der Waals surface area contributed by atoms with Crippen LogP contribution in [0.3, 0.4) is 0 Å². The molecule has 1 aromatic heterocycles. The van der Waals surface area contributed by atoms with Gasteiger partial charge in [0.05, 0.1) is 0 Å². The first-order valence-electron chi connectivity index (χ1n) is 11.6. The van der Waals surface area contributed by atoms with Crippen LogP contribution in [0, 0.1) is 5.82 Å². The Balaban J connectivity index is 1.67. The smallest absolute Gasteiger partial charge is 0.332 e. The Labute approximate surface area is 222 Å². The maximum Gasteiger partial charge on any atom is 0.332 e. The number of carboxylic acid groups (broad SMARTS) is 1. The summed E-state index contributed by atoms with van der Waals surface area (Å²) in [7, 11) is 0. The molecule has 2 unspecified atom stereocenters. The fourth-order valence-corrected chi connectivity index (χ4v) is 3.66. The van der Waals surface area contributed by atoms with Crippen LogP contribution in [-0.4, -0.2) is 62.2 Å².